The molecule has 22 heavy (non-hydrogen) atoms. The number of hydrogen-bond acceptors (Lipinski definition) is 3. The minimum atomic E-state index is -0.258. The average Bonchev–Trinajstić information content (AvgIpc) is 2.93. The van der Waals surface area contributed by atoms with Crippen molar-refractivity contribution < 1.29 is 9.59 Å². The van der Waals surface area contributed by atoms with Gasteiger partial charge in [0.2, 0.25) is 11.8 Å². The molecule has 0 bridgehead atoms. The van der Waals surface area contributed by atoms with Crippen LogP contribution in [0.3, 0.4) is 0 Å². The van der Waals surface area contributed by atoms with Crippen LogP contribution in [0.4, 0.5) is 0 Å². The molecule has 2 rings (SSSR count). The van der Waals surface area contributed by atoms with Gasteiger partial charge in [-0.05, 0) is 50.1 Å². The number of nitrogens with one attached hydrogen (secondary N) is 2. The zero-order valence-electron chi connectivity index (χ0n) is 14.3. The van der Waals surface area contributed by atoms with E-state index in [1.807, 2.05) is 0 Å². The van der Waals surface area contributed by atoms with Crippen molar-refractivity contribution in [3.05, 3.63) is 0 Å². The maximum absolute atomic E-state index is 12.4. The first-order valence-electron chi connectivity index (χ1n) is 8.65. The molecule has 0 aromatic rings. The zero-order chi connectivity index (χ0) is 16.2. The fourth-order valence-electron chi connectivity index (χ4n) is 3.35. The normalized spacial score (nSPS) is 26.0. The van der Waals surface area contributed by atoms with Crippen LogP contribution in [0.5, 0.6) is 0 Å². The molecule has 2 aliphatic heterocycles. The monoisotopic (exact) mass is 309 g/mol. The Morgan fingerprint density at radius 2 is 2.00 bits per heavy atom. The summed E-state index contributed by atoms with van der Waals surface area (Å²) in [5.41, 5.74) is -0.0333. The molecule has 2 fully saturated rings. The standard InChI is InChI=1S/C17H31N3O2/c1-17(2,3)10-15(21)20-9-5-7-14(20)16(22)19-12-13-6-4-8-18-11-13/h13-14,18H,4-12H2,1-3H3,(H,19,22). The molecule has 0 radical (unpaired) electrons. The summed E-state index contributed by atoms with van der Waals surface area (Å²) >= 11 is 0. The van der Waals surface area contributed by atoms with Gasteiger partial charge in [-0.25, -0.2) is 0 Å². The number of likely N-dealkylation sites (tertiary alicyclic amines) is 1. The molecule has 0 spiro atoms. The first-order valence-corrected chi connectivity index (χ1v) is 8.65. The van der Waals surface area contributed by atoms with Crippen LogP contribution >= 0.6 is 0 Å². The second-order valence-electron chi connectivity index (χ2n) is 7.94. The summed E-state index contributed by atoms with van der Waals surface area (Å²) in [4.78, 5) is 26.7. The predicted molar refractivity (Wildman–Crippen MR) is 87.4 cm³/mol. The fourth-order valence-corrected chi connectivity index (χ4v) is 3.35. The molecular formula is C17H31N3O2. The van der Waals surface area contributed by atoms with Gasteiger partial charge in [-0.2, -0.15) is 0 Å². The van der Waals surface area contributed by atoms with Gasteiger partial charge in [0, 0.05) is 19.5 Å². The highest BCUT2D eigenvalue weighted by molar-refractivity contribution is 5.88. The first kappa shape index (κ1) is 17.3. The lowest BCUT2D eigenvalue weighted by molar-refractivity contribution is -0.139. The number of rotatable bonds is 4. The Hall–Kier alpha value is -1.10. The van der Waals surface area contributed by atoms with Crippen molar-refractivity contribution >= 4 is 11.8 Å². The van der Waals surface area contributed by atoms with Gasteiger partial charge in [0.1, 0.15) is 6.04 Å². The van der Waals surface area contributed by atoms with Crippen LogP contribution < -0.4 is 10.6 Å². The van der Waals surface area contributed by atoms with Crippen molar-refractivity contribution in [3.63, 3.8) is 0 Å². The van der Waals surface area contributed by atoms with Crippen molar-refractivity contribution in [2.45, 2.75) is 58.9 Å². The van der Waals surface area contributed by atoms with Gasteiger partial charge in [0.05, 0.1) is 0 Å². The molecule has 0 aliphatic carbocycles. The van der Waals surface area contributed by atoms with Crippen LogP contribution in [0, 0.1) is 11.3 Å². The summed E-state index contributed by atoms with van der Waals surface area (Å²) in [6.07, 6.45) is 4.58. The zero-order valence-corrected chi connectivity index (χ0v) is 14.3. The number of carbonyl (C=O) groups is 2. The van der Waals surface area contributed by atoms with Gasteiger partial charge in [-0.1, -0.05) is 20.8 Å². The molecular weight excluding hydrogens is 278 g/mol. The fraction of sp³-hybridized carbons (Fsp3) is 0.882. The molecule has 2 saturated heterocycles. The van der Waals surface area contributed by atoms with Crippen LogP contribution in [-0.4, -0.2) is 48.9 Å². The first-order chi connectivity index (χ1) is 10.4. The van der Waals surface area contributed by atoms with Gasteiger partial charge < -0.3 is 15.5 Å². The quantitative estimate of drug-likeness (QED) is 0.828. The molecule has 5 nitrogen and oxygen atoms in total. The SMILES string of the molecule is CC(C)(C)CC(=O)N1CCCC1C(=O)NCC1CCCNC1. The average molecular weight is 309 g/mol. The Morgan fingerprint density at radius 3 is 2.64 bits per heavy atom. The molecule has 126 valence electrons. The van der Waals surface area contributed by atoms with Crippen molar-refractivity contribution in [1.82, 2.24) is 15.5 Å². The van der Waals surface area contributed by atoms with Crippen LogP contribution in [0.2, 0.25) is 0 Å². The third-order valence-corrected chi connectivity index (χ3v) is 4.52. The molecule has 2 N–H and O–H groups in total. The number of hydrogen-bond donors (Lipinski definition) is 2. The molecule has 2 unspecified atom stereocenters. The molecule has 5 heteroatoms. The molecule has 0 aromatic heterocycles. The van der Waals surface area contributed by atoms with Crippen molar-refractivity contribution in [2.75, 3.05) is 26.2 Å². The minimum absolute atomic E-state index is 0.0327. The largest absolute Gasteiger partial charge is 0.354 e. The summed E-state index contributed by atoms with van der Waals surface area (Å²) in [5, 5.41) is 6.43. The Morgan fingerprint density at radius 1 is 1.23 bits per heavy atom. The van der Waals surface area contributed by atoms with E-state index < -0.39 is 0 Å². The van der Waals surface area contributed by atoms with Gasteiger partial charge >= 0.3 is 0 Å². The number of piperidine rings is 1. The van der Waals surface area contributed by atoms with Gasteiger partial charge in [-0.3, -0.25) is 9.59 Å². The second-order valence-corrected chi connectivity index (χ2v) is 7.94. The maximum Gasteiger partial charge on any atom is 0.242 e. The molecule has 2 amide bonds. The van der Waals surface area contributed by atoms with Crippen molar-refractivity contribution in [3.8, 4) is 0 Å². The van der Waals surface area contributed by atoms with Crippen LogP contribution in [0.1, 0.15) is 52.9 Å². The van der Waals surface area contributed by atoms with Crippen molar-refractivity contribution in [2.24, 2.45) is 11.3 Å². The van der Waals surface area contributed by atoms with E-state index in [1.54, 1.807) is 4.90 Å². The lowest BCUT2D eigenvalue weighted by Crippen LogP contribution is -2.48. The summed E-state index contributed by atoms with van der Waals surface area (Å²) in [6, 6.07) is -0.258. The third-order valence-electron chi connectivity index (χ3n) is 4.52. The molecule has 2 atom stereocenters. The summed E-state index contributed by atoms with van der Waals surface area (Å²) in [7, 11) is 0. The van der Waals surface area contributed by atoms with Crippen LogP contribution in [0.15, 0.2) is 0 Å². The Kier molecular flexibility index (Phi) is 5.84. The van der Waals surface area contributed by atoms with E-state index in [9.17, 15) is 9.59 Å². The number of carbonyl (C=O) groups excluding carboxylic acids is 2. The summed E-state index contributed by atoms with van der Waals surface area (Å²) in [6.45, 7) is 9.70. The Bertz CT molecular complexity index is 397. The topological polar surface area (TPSA) is 61.4 Å². The van der Waals surface area contributed by atoms with Crippen LogP contribution in [0.25, 0.3) is 0 Å². The highest BCUT2D eigenvalue weighted by Gasteiger charge is 2.35. The number of amides is 2. The Labute approximate surface area is 134 Å². The summed E-state index contributed by atoms with van der Waals surface area (Å²) in [5.74, 6) is 0.674. The lowest BCUT2D eigenvalue weighted by Gasteiger charge is -2.28. The third kappa shape index (κ3) is 4.97. The van der Waals surface area contributed by atoms with E-state index in [1.165, 1.54) is 12.8 Å². The van der Waals surface area contributed by atoms with Gasteiger partial charge in [-0.15, -0.1) is 0 Å². The molecule has 0 saturated carbocycles. The molecule has 2 heterocycles. The molecule has 2 aliphatic rings. The van der Waals surface area contributed by atoms with Gasteiger partial charge in [0.25, 0.3) is 0 Å². The van der Waals surface area contributed by atoms with E-state index in [0.29, 0.717) is 12.3 Å². The smallest absolute Gasteiger partial charge is 0.242 e. The van der Waals surface area contributed by atoms with Gasteiger partial charge in [0.15, 0.2) is 0 Å². The Balaban J connectivity index is 1.83. The minimum Gasteiger partial charge on any atom is -0.354 e. The van der Waals surface area contributed by atoms with E-state index in [4.69, 9.17) is 0 Å². The van der Waals surface area contributed by atoms with E-state index in [2.05, 4.69) is 31.4 Å². The lowest BCUT2D eigenvalue weighted by atomic mass is 9.91. The highest BCUT2D eigenvalue weighted by Crippen LogP contribution is 2.25. The molecule has 0 aromatic carbocycles. The van der Waals surface area contributed by atoms with Crippen LogP contribution in [-0.2, 0) is 9.59 Å². The summed E-state index contributed by atoms with van der Waals surface area (Å²) < 4.78 is 0. The maximum atomic E-state index is 12.4. The number of nitrogens with zero attached hydrogens (tertiary/aromatic N) is 1. The second kappa shape index (κ2) is 7.44. The van der Waals surface area contributed by atoms with E-state index >= 15 is 0 Å². The predicted octanol–water partition coefficient (Wildman–Crippen LogP) is 1.53. The van der Waals surface area contributed by atoms with E-state index in [0.717, 1.165) is 39.0 Å². The highest BCUT2D eigenvalue weighted by atomic mass is 16.2. The van der Waals surface area contributed by atoms with E-state index in [-0.39, 0.29) is 23.3 Å². The van der Waals surface area contributed by atoms with Crippen molar-refractivity contribution in [1.29, 1.82) is 0 Å².